The maximum Gasteiger partial charge on any atom is 0.498 e. The number of benzene rings is 1. The van der Waals surface area contributed by atoms with E-state index in [-0.39, 0.29) is 12.5 Å². The van der Waals surface area contributed by atoms with Crippen LogP contribution in [0.4, 0.5) is 13.2 Å². The van der Waals surface area contributed by atoms with Crippen molar-refractivity contribution in [2.75, 3.05) is 13.2 Å². The van der Waals surface area contributed by atoms with E-state index in [1.807, 2.05) is 0 Å². The van der Waals surface area contributed by atoms with Gasteiger partial charge in [-0.2, -0.15) is 13.2 Å². The van der Waals surface area contributed by atoms with E-state index in [1.54, 1.807) is 19.9 Å². The molecule has 7 heteroatoms. The summed E-state index contributed by atoms with van der Waals surface area (Å²) in [5, 5.41) is 0. The fraction of sp³-hybridized carbons (Fsp3) is 0.538. The van der Waals surface area contributed by atoms with Gasteiger partial charge in [-0.15, -0.1) is 0 Å². The Morgan fingerprint density at radius 2 is 1.75 bits per heavy atom. The molecule has 0 aliphatic rings. The Morgan fingerprint density at radius 1 is 1.15 bits per heavy atom. The molecule has 0 aliphatic carbocycles. The van der Waals surface area contributed by atoms with Crippen LogP contribution in [0.1, 0.15) is 25.0 Å². The Balaban J connectivity index is 2.73. The van der Waals surface area contributed by atoms with Gasteiger partial charge in [-0.25, -0.2) is 0 Å². The van der Waals surface area contributed by atoms with Crippen LogP contribution in [0.15, 0.2) is 24.3 Å². The van der Waals surface area contributed by atoms with Crippen molar-refractivity contribution in [2.45, 2.75) is 32.5 Å². The van der Waals surface area contributed by atoms with Gasteiger partial charge in [0.05, 0.1) is 5.56 Å². The minimum absolute atomic E-state index is 0.204. The van der Waals surface area contributed by atoms with Crippen molar-refractivity contribution in [2.24, 2.45) is 0 Å². The molecular formula is C13H19F3O3Si. The molecule has 1 rings (SSSR count). The summed E-state index contributed by atoms with van der Waals surface area (Å²) in [5.41, 5.74) is -0.182. The van der Waals surface area contributed by atoms with Gasteiger partial charge in [0, 0.05) is 19.3 Å². The predicted octanol–water partition coefficient (Wildman–Crippen LogP) is 3.25. The van der Waals surface area contributed by atoms with E-state index in [0.717, 1.165) is 12.1 Å². The number of hydrogen-bond donors (Lipinski definition) is 1. The third-order valence-corrected chi connectivity index (χ3v) is 5.09. The van der Waals surface area contributed by atoms with Gasteiger partial charge >= 0.3 is 15.0 Å². The minimum atomic E-state index is -4.36. The van der Waals surface area contributed by atoms with Crippen molar-refractivity contribution in [3.63, 3.8) is 0 Å². The van der Waals surface area contributed by atoms with Crippen LogP contribution in [0.25, 0.3) is 0 Å². The monoisotopic (exact) mass is 308 g/mol. The largest absolute Gasteiger partial charge is 0.498 e. The third kappa shape index (κ3) is 5.24. The Labute approximate surface area is 117 Å². The molecule has 0 amide bonds. The van der Waals surface area contributed by atoms with Crippen molar-refractivity contribution in [3.05, 3.63) is 35.4 Å². The highest BCUT2D eigenvalue weighted by Gasteiger charge is 2.36. The van der Waals surface area contributed by atoms with Crippen molar-refractivity contribution in [3.8, 4) is 0 Å². The first-order valence-corrected chi connectivity index (χ1v) is 8.44. The van der Waals surface area contributed by atoms with Crippen molar-refractivity contribution >= 4 is 8.80 Å². The maximum atomic E-state index is 12.6. The Morgan fingerprint density at radius 3 is 2.25 bits per heavy atom. The van der Waals surface area contributed by atoms with Gasteiger partial charge in [0.1, 0.15) is 0 Å². The van der Waals surface area contributed by atoms with Gasteiger partial charge in [-0.1, -0.05) is 18.2 Å². The summed E-state index contributed by atoms with van der Waals surface area (Å²) in [6.07, 6.45) is -4.07. The molecule has 20 heavy (non-hydrogen) atoms. The summed E-state index contributed by atoms with van der Waals surface area (Å²) in [7, 11) is -3.28. The van der Waals surface area contributed by atoms with E-state index < -0.39 is 20.5 Å². The van der Waals surface area contributed by atoms with Gasteiger partial charge in [0.2, 0.25) is 0 Å². The average Bonchev–Trinajstić information content (AvgIpc) is 2.36. The SMILES string of the molecule is CCO[Si](O)(CCc1cccc(C(F)(F)F)c1)OCC. The molecule has 0 unspecified atom stereocenters. The van der Waals surface area contributed by atoms with Crippen molar-refractivity contribution in [1.29, 1.82) is 0 Å². The Bertz CT molecular complexity index is 418. The number of hydrogen-bond acceptors (Lipinski definition) is 3. The van der Waals surface area contributed by atoms with E-state index in [1.165, 1.54) is 6.07 Å². The molecule has 1 aromatic carbocycles. The van der Waals surface area contributed by atoms with E-state index in [2.05, 4.69) is 0 Å². The summed E-state index contributed by atoms with van der Waals surface area (Å²) in [6, 6.07) is 5.28. The van der Waals surface area contributed by atoms with E-state index in [0.29, 0.717) is 18.8 Å². The van der Waals surface area contributed by atoms with Gasteiger partial charge < -0.3 is 13.6 Å². The zero-order chi connectivity index (χ0) is 15.2. The fourth-order valence-electron chi connectivity index (χ4n) is 1.84. The molecule has 0 saturated carbocycles. The van der Waals surface area contributed by atoms with Gasteiger partial charge in [0.15, 0.2) is 0 Å². The van der Waals surface area contributed by atoms with Crippen LogP contribution in [-0.2, 0) is 21.4 Å². The summed E-state index contributed by atoms with van der Waals surface area (Å²) in [6.45, 7) is 4.10. The van der Waals surface area contributed by atoms with Crippen LogP contribution < -0.4 is 0 Å². The maximum absolute atomic E-state index is 12.6. The highest BCUT2D eigenvalue weighted by atomic mass is 28.4. The molecule has 0 fully saturated rings. The van der Waals surface area contributed by atoms with Crippen LogP contribution in [0.3, 0.4) is 0 Å². The van der Waals surface area contributed by atoms with Crippen LogP contribution >= 0.6 is 0 Å². The first kappa shape index (κ1) is 17.2. The molecule has 1 aromatic rings. The normalized spacial score (nSPS) is 12.7. The second kappa shape index (κ2) is 7.21. The number of halogens is 3. The molecular weight excluding hydrogens is 289 g/mol. The Hall–Kier alpha value is -0.893. The number of alkyl halides is 3. The molecule has 3 nitrogen and oxygen atoms in total. The zero-order valence-electron chi connectivity index (χ0n) is 11.5. The smallest absolute Gasteiger partial charge is 0.390 e. The Kier molecular flexibility index (Phi) is 6.19. The molecule has 114 valence electrons. The van der Waals surface area contributed by atoms with Crippen molar-refractivity contribution in [1.82, 2.24) is 0 Å². The summed E-state index contributed by atoms with van der Waals surface area (Å²) < 4.78 is 48.3. The van der Waals surface area contributed by atoms with E-state index in [4.69, 9.17) is 8.85 Å². The fourth-order valence-corrected chi connectivity index (χ4v) is 3.72. The van der Waals surface area contributed by atoms with E-state index >= 15 is 0 Å². The molecule has 0 heterocycles. The zero-order valence-corrected chi connectivity index (χ0v) is 12.5. The quantitative estimate of drug-likeness (QED) is 0.786. The van der Waals surface area contributed by atoms with Crippen LogP contribution in [0, 0.1) is 0 Å². The molecule has 0 aliphatic heterocycles. The number of rotatable bonds is 7. The molecule has 0 aromatic heterocycles. The molecule has 0 spiro atoms. The van der Waals surface area contributed by atoms with Gasteiger partial charge in [0.25, 0.3) is 0 Å². The summed E-state index contributed by atoms with van der Waals surface area (Å²) in [4.78, 5) is 10.2. The van der Waals surface area contributed by atoms with Gasteiger partial charge in [-0.05, 0) is 31.9 Å². The van der Waals surface area contributed by atoms with Crippen LogP contribution in [0.2, 0.25) is 6.04 Å². The first-order valence-electron chi connectivity index (χ1n) is 6.47. The topological polar surface area (TPSA) is 38.7 Å². The second-order valence-electron chi connectivity index (χ2n) is 4.28. The first-order chi connectivity index (χ1) is 9.30. The molecule has 0 bridgehead atoms. The lowest BCUT2D eigenvalue weighted by atomic mass is 10.1. The van der Waals surface area contributed by atoms with Crippen molar-refractivity contribution < 1.29 is 26.8 Å². The molecule has 0 saturated heterocycles. The van der Waals surface area contributed by atoms with E-state index in [9.17, 15) is 18.0 Å². The minimum Gasteiger partial charge on any atom is -0.390 e. The highest BCUT2D eigenvalue weighted by Crippen LogP contribution is 2.30. The standard InChI is InChI=1S/C13H19F3O3Si/c1-3-18-20(17,19-4-2)9-8-11-6-5-7-12(10-11)13(14,15)16/h5-7,10,17H,3-4,8-9H2,1-2H3. The molecule has 0 atom stereocenters. The van der Waals surface area contributed by atoms with Crippen LogP contribution in [0.5, 0.6) is 0 Å². The lowest BCUT2D eigenvalue weighted by Crippen LogP contribution is -2.43. The third-order valence-electron chi connectivity index (χ3n) is 2.72. The average molecular weight is 308 g/mol. The number of aryl methyl sites for hydroxylation is 1. The second-order valence-corrected chi connectivity index (χ2v) is 6.78. The molecule has 1 N–H and O–H groups in total. The lowest BCUT2D eigenvalue weighted by Gasteiger charge is -2.23. The van der Waals surface area contributed by atoms with Crippen LogP contribution in [-0.4, -0.2) is 26.8 Å². The lowest BCUT2D eigenvalue weighted by molar-refractivity contribution is -0.137. The summed E-state index contributed by atoms with van der Waals surface area (Å²) >= 11 is 0. The molecule has 0 radical (unpaired) electrons. The van der Waals surface area contributed by atoms with Gasteiger partial charge in [-0.3, -0.25) is 0 Å². The summed E-state index contributed by atoms with van der Waals surface area (Å²) in [5.74, 6) is 0. The predicted molar refractivity (Wildman–Crippen MR) is 71.2 cm³/mol. The highest BCUT2D eigenvalue weighted by molar-refractivity contribution is 6.59.